The van der Waals surface area contributed by atoms with Gasteiger partial charge in [0.1, 0.15) is 23.0 Å². The molecule has 1 N–H and O–H groups in total. The molecule has 0 bridgehead atoms. The van der Waals surface area contributed by atoms with Crippen molar-refractivity contribution in [2.75, 3.05) is 31.6 Å². The summed E-state index contributed by atoms with van der Waals surface area (Å²) in [6, 6.07) is 6.22. The van der Waals surface area contributed by atoms with E-state index in [-0.39, 0.29) is 35.8 Å². The number of hydrogen-bond donors (Lipinski definition) is 1. The third-order valence-electron chi connectivity index (χ3n) is 7.79. The highest BCUT2D eigenvalue weighted by Crippen LogP contribution is 2.39. The molecule has 0 unspecified atom stereocenters. The Hall–Kier alpha value is -4.28. The van der Waals surface area contributed by atoms with Gasteiger partial charge in [0.05, 0.1) is 22.1 Å². The largest absolute Gasteiger partial charge is 0.448 e. The minimum absolute atomic E-state index is 0.0459. The number of nitro benzene ring substituents is 1. The van der Waals surface area contributed by atoms with Crippen LogP contribution in [0.5, 0.6) is 0 Å². The van der Waals surface area contributed by atoms with Crippen LogP contribution in [0.4, 0.5) is 25.1 Å². The van der Waals surface area contributed by atoms with Gasteiger partial charge in [0.2, 0.25) is 10.0 Å². The molecule has 2 aliphatic heterocycles. The molecule has 1 fully saturated rings. The van der Waals surface area contributed by atoms with Gasteiger partial charge in [-0.3, -0.25) is 19.8 Å². The number of nitro groups is 1. The molecule has 0 aliphatic carbocycles. The zero-order chi connectivity index (χ0) is 32.7. The number of halogens is 2. The van der Waals surface area contributed by atoms with Crippen LogP contribution >= 0.6 is 0 Å². The van der Waals surface area contributed by atoms with Crippen LogP contribution in [0.15, 0.2) is 41.3 Å². The summed E-state index contributed by atoms with van der Waals surface area (Å²) in [7, 11) is -4.48. The Morgan fingerprint density at radius 2 is 1.78 bits per heavy atom. The zero-order valence-corrected chi connectivity index (χ0v) is 25.7. The van der Waals surface area contributed by atoms with E-state index >= 15 is 0 Å². The quantitative estimate of drug-likeness (QED) is 0.277. The number of rotatable bonds is 8. The highest BCUT2D eigenvalue weighted by atomic mass is 32.2. The first-order valence-electron chi connectivity index (χ1n) is 14.3. The summed E-state index contributed by atoms with van der Waals surface area (Å²) in [6.07, 6.45) is 1.10. The van der Waals surface area contributed by atoms with Gasteiger partial charge in [-0.1, -0.05) is 19.9 Å². The van der Waals surface area contributed by atoms with Crippen LogP contribution in [0, 0.1) is 21.7 Å². The second kappa shape index (κ2) is 12.3. The van der Waals surface area contributed by atoms with Crippen LogP contribution < -0.4 is 5.32 Å². The Morgan fingerprint density at radius 3 is 2.40 bits per heavy atom. The first-order valence-corrected chi connectivity index (χ1v) is 15.7. The van der Waals surface area contributed by atoms with Gasteiger partial charge in [0.25, 0.3) is 11.6 Å². The molecule has 5 rings (SSSR count). The van der Waals surface area contributed by atoms with Gasteiger partial charge in [0.15, 0.2) is 0 Å². The summed E-state index contributed by atoms with van der Waals surface area (Å²) < 4.78 is 62.0. The lowest BCUT2D eigenvalue weighted by Gasteiger charge is -2.36. The van der Waals surface area contributed by atoms with Crippen molar-refractivity contribution < 1.29 is 36.4 Å². The number of fused-ring (bicyclic) bond motifs is 1. The number of hydrogen-bond acceptors (Lipinski definition) is 9. The lowest BCUT2D eigenvalue weighted by atomic mass is 9.84. The van der Waals surface area contributed by atoms with Crippen LogP contribution in [0.25, 0.3) is 0 Å². The standard InChI is InChI=1S/C29H32F2N6O7S/c1-4-44-28(39)36-26(32-27(38)22-8-7-18(11-24(22)37(40)41)15-34-9-5-6-10-34)23-16-35(17-29(2,3)25(23)33-36)45(42,43)21-13-19(30)12-20(31)14-21/h7-8,11-14H,4-6,9-10,15-17H2,1-3H3,(H,32,38). The summed E-state index contributed by atoms with van der Waals surface area (Å²) in [5.74, 6) is -3.35. The molecule has 45 heavy (non-hydrogen) atoms. The fraction of sp³-hybridized carbons (Fsp3) is 0.414. The maximum Gasteiger partial charge on any atom is 0.436 e. The fourth-order valence-corrected chi connectivity index (χ4v) is 7.34. The van der Waals surface area contributed by atoms with Gasteiger partial charge in [-0.25, -0.2) is 22.0 Å². The lowest BCUT2D eigenvalue weighted by molar-refractivity contribution is -0.385. The minimum atomic E-state index is -4.48. The predicted octanol–water partition coefficient (Wildman–Crippen LogP) is 4.40. The average Bonchev–Trinajstić information content (AvgIpc) is 3.61. The summed E-state index contributed by atoms with van der Waals surface area (Å²) in [6.45, 7) is 6.42. The molecule has 3 aromatic rings. The predicted molar refractivity (Wildman–Crippen MR) is 157 cm³/mol. The lowest BCUT2D eigenvalue weighted by Crippen LogP contribution is -2.45. The van der Waals surface area contributed by atoms with Gasteiger partial charge < -0.3 is 10.1 Å². The minimum Gasteiger partial charge on any atom is -0.448 e. The average molecular weight is 647 g/mol. The van der Waals surface area contributed by atoms with E-state index in [0.717, 1.165) is 34.9 Å². The van der Waals surface area contributed by atoms with Crippen LogP contribution in [-0.4, -0.2) is 70.6 Å². The molecule has 1 saturated heterocycles. The number of nitrogens with one attached hydrogen (secondary N) is 1. The molecule has 16 heteroatoms. The van der Waals surface area contributed by atoms with Crippen molar-refractivity contribution in [3.8, 4) is 0 Å². The number of anilines is 1. The highest BCUT2D eigenvalue weighted by molar-refractivity contribution is 7.89. The maximum atomic E-state index is 14.0. The van der Waals surface area contributed by atoms with Crippen molar-refractivity contribution in [3.63, 3.8) is 0 Å². The Bertz CT molecular complexity index is 1770. The fourth-order valence-electron chi connectivity index (χ4n) is 5.73. The van der Waals surface area contributed by atoms with Crippen molar-refractivity contribution in [2.45, 2.75) is 57.0 Å². The number of sulfonamides is 1. The van der Waals surface area contributed by atoms with Gasteiger partial charge in [-0.05, 0) is 56.6 Å². The number of carbonyl (C=O) groups excluding carboxylic acids is 2. The van der Waals surface area contributed by atoms with E-state index in [4.69, 9.17) is 4.74 Å². The number of ether oxygens (including phenoxy) is 1. The number of amides is 1. The Kier molecular flexibility index (Phi) is 8.75. The van der Waals surface area contributed by atoms with Gasteiger partial charge >= 0.3 is 6.09 Å². The Labute approximate surface area is 258 Å². The topological polar surface area (TPSA) is 157 Å². The SMILES string of the molecule is CCOC(=O)n1nc2c(c1NC(=O)c1ccc(CN3CCCC3)cc1[N+](=O)[O-])CN(S(=O)(=O)c1cc(F)cc(F)c1)CC2(C)C. The Balaban J connectivity index is 1.55. The van der Waals surface area contributed by atoms with Crippen molar-refractivity contribution in [2.24, 2.45) is 0 Å². The molecule has 0 spiro atoms. The maximum absolute atomic E-state index is 14.0. The molecule has 240 valence electrons. The van der Waals surface area contributed by atoms with Gasteiger partial charge in [-0.15, -0.1) is 4.68 Å². The number of aromatic nitrogens is 2. The van der Waals surface area contributed by atoms with Crippen LogP contribution in [0.2, 0.25) is 0 Å². The van der Waals surface area contributed by atoms with E-state index in [0.29, 0.717) is 30.3 Å². The molecule has 2 aromatic carbocycles. The van der Waals surface area contributed by atoms with Crippen LogP contribution in [0.3, 0.4) is 0 Å². The molecule has 1 aromatic heterocycles. The van der Waals surface area contributed by atoms with E-state index in [1.165, 1.54) is 12.1 Å². The molecule has 1 amide bonds. The van der Waals surface area contributed by atoms with Crippen molar-refractivity contribution >= 4 is 33.5 Å². The summed E-state index contributed by atoms with van der Waals surface area (Å²) in [4.78, 5) is 39.5. The van der Waals surface area contributed by atoms with E-state index in [1.54, 1.807) is 26.8 Å². The second-order valence-corrected chi connectivity index (χ2v) is 13.5. The molecule has 3 heterocycles. The summed E-state index contributed by atoms with van der Waals surface area (Å²) in [5.41, 5.74) is -0.763. The molecule has 2 aliphatic rings. The van der Waals surface area contributed by atoms with Crippen LogP contribution in [0.1, 0.15) is 60.8 Å². The number of carbonyl (C=O) groups is 2. The van der Waals surface area contributed by atoms with Crippen molar-refractivity contribution in [1.82, 2.24) is 19.0 Å². The monoisotopic (exact) mass is 646 g/mol. The van der Waals surface area contributed by atoms with Crippen LogP contribution in [-0.2, 0) is 33.3 Å². The van der Waals surface area contributed by atoms with E-state index < -0.39 is 61.1 Å². The number of benzene rings is 2. The first-order chi connectivity index (χ1) is 21.2. The summed E-state index contributed by atoms with van der Waals surface area (Å²) >= 11 is 0. The third kappa shape index (κ3) is 6.43. The molecule has 13 nitrogen and oxygen atoms in total. The smallest absolute Gasteiger partial charge is 0.436 e. The second-order valence-electron chi connectivity index (χ2n) is 11.6. The van der Waals surface area contributed by atoms with E-state index in [1.807, 2.05) is 0 Å². The first kappa shape index (κ1) is 32.1. The molecule has 0 radical (unpaired) electrons. The zero-order valence-electron chi connectivity index (χ0n) is 24.9. The summed E-state index contributed by atoms with van der Waals surface area (Å²) in [5, 5.41) is 18.9. The Morgan fingerprint density at radius 1 is 1.11 bits per heavy atom. The molecule has 0 saturated carbocycles. The normalized spacial score (nSPS) is 16.7. The number of nitrogens with zero attached hydrogens (tertiary/aromatic N) is 5. The highest BCUT2D eigenvalue weighted by Gasteiger charge is 2.43. The van der Waals surface area contributed by atoms with Gasteiger partial charge in [-0.2, -0.15) is 9.40 Å². The van der Waals surface area contributed by atoms with Crippen molar-refractivity contribution in [1.29, 1.82) is 0 Å². The van der Waals surface area contributed by atoms with Gasteiger partial charge in [0, 0.05) is 42.7 Å². The van der Waals surface area contributed by atoms with E-state index in [9.17, 15) is 36.9 Å². The van der Waals surface area contributed by atoms with Crippen molar-refractivity contribution in [3.05, 3.63) is 80.5 Å². The molecule has 0 atom stereocenters. The number of likely N-dealkylation sites (tertiary alicyclic amines) is 1. The molecular formula is C29H32F2N6O7S. The van der Waals surface area contributed by atoms with E-state index in [2.05, 4.69) is 15.3 Å². The molecular weight excluding hydrogens is 614 g/mol. The third-order valence-corrected chi connectivity index (χ3v) is 9.55.